The lowest BCUT2D eigenvalue weighted by molar-refractivity contribution is 0.121. The number of nitrogens with one attached hydrogen (secondary N) is 2. The van der Waals surface area contributed by atoms with Crippen LogP contribution in [0.4, 0.5) is 22.2 Å². The minimum absolute atomic E-state index is 0.301. The van der Waals surface area contributed by atoms with Crippen LogP contribution in [0.15, 0.2) is 42.5 Å². The molecule has 9 heteroatoms. The van der Waals surface area contributed by atoms with E-state index in [0.29, 0.717) is 43.6 Å². The van der Waals surface area contributed by atoms with Crippen LogP contribution < -0.4 is 10.2 Å². The molecule has 0 bridgehead atoms. The number of hydrogen-bond donors (Lipinski definition) is 2. The van der Waals surface area contributed by atoms with Crippen LogP contribution in [-0.4, -0.2) is 64.4 Å². The first-order valence-corrected chi connectivity index (χ1v) is 10.1. The standard InChI is InChI=1S/C22H25N7O2/c1-16-14-20(27-26-16)24-19-15-21(28-10-12-29(13-11-28)22(30)31-2)25-18(23-19)9-8-17-6-4-3-5-7-17/h3-9,14-15H,10-13H2,1-2H3,(H2,23,24,25,26,27)/b9-8+. The van der Waals surface area contributed by atoms with E-state index in [4.69, 9.17) is 9.72 Å². The summed E-state index contributed by atoms with van der Waals surface area (Å²) in [5.74, 6) is 2.73. The van der Waals surface area contributed by atoms with Crippen molar-refractivity contribution in [2.75, 3.05) is 43.5 Å². The molecular weight excluding hydrogens is 394 g/mol. The third kappa shape index (κ3) is 5.19. The van der Waals surface area contributed by atoms with Crippen LogP contribution in [-0.2, 0) is 4.74 Å². The molecule has 4 rings (SSSR count). The van der Waals surface area contributed by atoms with Crippen molar-refractivity contribution >= 4 is 35.7 Å². The minimum Gasteiger partial charge on any atom is -0.453 e. The lowest BCUT2D eigenvalue weighted by atomic mass is 10.2. The summed E-state index contributed by atoms with van der Waals surface area (Å²) in [6.45, 7) is 4.42. The van der Waals surface area contributed by atoms with Gasteiger partial charge in [0.2, 0.25) is 0 Å². The molecule has 0 radical (unpaired) electrons. The Morgan fingerprint density at radius 3 is 2.52 bits per heavy atom. The van der Waals surface area contributed by atoms with Crippen molar-refractivity contribution in [2.24, 2.45) is 0 Å². The van der Waals surface area contributed by atoms with Crippen molar-refractivity contribution < 1.29 is 9.53 Å². The number of amides is 1. The molecule has 2 aromatic heterocycles. The van der Waals surface area contributed by atoms with E-state index in [9.17, 15) is 4.79 Å². The first kappa shape index (κ1) is 20.4. The van der Waals surface area contributed by atoms with E-state index >= 15 is 0 Å². The second-order valence-electron chi connectivity index (χ2n) is 7.22. The van der Waals surface area contributed by atoms with Gasteiger partial charge in [0.15, 0.2) is 11.6 Å². The maximum absolute atomic E-state index is 11.8. The molecule has 31 heavy (non-hydrogen) atoms. The van der Waals surface area contributed by atoms with Crippen LogP contribution in [0.3, 0.4) is 0 Å². The van der Waals surface area contributed by atoms with Crippen molar-refractivity contribution in [1.29, 1.82) is 0 Å². The molecule has 1 aliphatic rings. The Bertz CT molecular complexity index is 1060. The SMILES string of the molecule is COC(=O)N1CCN(c2cc(Nc3cc(C)[nH]n3)nc(/C=C/c3ccccc3)n2)CC1. The molecule has 0 unspecified atom stereocenters. The largest absolute Gasteiger partial charge is 0.453 e. The summed E-state index contributed by atoms with van der Waals surface area (Å²) < 4.78 is 4.83. The quantitative estimate of drug-likeness (QED) is 0.654. The van der Waals surface area contributed by atoms with E-state index in [2.05, 4.69) is 25.4 Å². The number of rotatable bonds is 5. The van der Waals surface area contributed by atoms with E-state index < -0.39 is 0 Å². The molecule has 1 aliphatic heterocycles. The van der Waals surface area contributed by atoms with Crippen molar-refractivity contribution in [2.45, 2.75) is 6.92 Å². The van der Waals surface area contributed by atoms with Gasteiger partial charge in [-0.25, -0.2) is 14.8 Å². The monoisotopic (exact) mass is 419 g/mol. The molecule has 160 valence electrons. The van der Waals surface area contributed by atoms with E-state index in [1.54, 1.807) is 4.90 Å². The molecular formula is C22H25N7O2. The van der Waals surface area contributed by atoms with E-state index in [-0.39, 0.29) is 6.09 Å². The van der Waals surface area contributed by atoms with Crippen LogP contribution in [0.5, 0.6) is 0 Å². The fourth-order valence-electron chi connectivity index (χ4n) is 3.35. The topological polar surface area (TPSA) is 99.3 Å². The number of hydrogen-bond acceptors (Lipinski definition) is 7. The number of carbonyl (C=O) groups excluding carboxylic acids is 1. The van der Waals surface area contributed by atoms with Gasteiger partial charge >= 0.3 is 6.09 Å². The highest BCUT2D eigenvalue weighted by atomic mass is 16.5. The molecule has 0 atom stereocenters. The van der Waals surface area contributed by atoms with Gasteiger partial charge in [-0.3, -0.25) is 5.10 Å². The Morgan fingerprint density at radius 1 is 1.06 bits per heavy atom. The van der Waals surface area contributed by atoms with Gasteiger partial charge in [0, 0.05) is 44.0 Å². The van der Waals surface area contributed by atoms with Gasteiger partial charge < -0.3 is 19.9 Å². The van der Waals surface area contributed by atoms with Crippen LogP contribution in [0.25, 0.3) is 12.2 Å². The number of nitrogens with zero attached hydrogens (tertiary/aromatic N) is 5. The summed E-state index contributed by atoms with van der Waals surface area (Å²) >= 11 is 0. The summed E-state index contributed by atoms with van der Waals surface area (Å²) in [5, 5.41) is 10.4. The first-order chi connectivity index (χ1) is 15.1. The minimum atomic E-state index is -0.301. The second kappa shape index (κ2) is 9.29. The zero-order valence-corrected chi connectivity index (χ0v) is 17.6. The Balaban J connectivity index is 1.58. The van der Waals surface area contributed by atoms with Crippen molar-refractivity contribution in [3.63, 3.8) is 0 Å². The van der Waals surface area contributed by atoms with Crippen LogP contribution in [0, 0.1) is 6.92 Å². The summed E-state index contributed by atoms with van der Waals surface area (Å²) in [6.07, 6.45) is 3.58. The Labute approximate surface area is 180 Å². The third-order valence-electron chi connectivity index (χ3n) is 4.95. The number of H-pyrrole nitrogens is 1. The first-order valence-electron chi connectivity index (χ1n) is 10.1. The summed E-state index contributed by atoms with van der Waals surface area (Å²) in [6, 6.07) is 13.8. The zero-order valence-electron chi connectivity index (χ0n) is 17.6. The predicted molar refractivity (Wildman–Crippen MR) is 120 cm³/mol. The molecule has 0 aliphatic carbocycles. The molecule has 1 fully saturated rings. The van der Waals surface area contributed by atoms with Crippen molar-refractivity contribution in [1.82, 2.24) is 25.1 Å². The second-order valence-corrected chi connectivity index (χ2v) is 7.22. The Hall–Kier alpha value is -3.88. The zero-order chi connectivity index (χ0) is 21.6. The highest BCUT2D eigenvalue weighted by Gasteiger charge is 2.23. The average Bonchev–Trinajstić information content (AvgIpc) is 3.22. The number of ether oxygens (including phenoxy) is 1. The van der Waals surface area contributed by atoms with Gasteiger partial charge in [-0.05, 0) is 18.6 Å². The predicted octanol–water partition coefficient (Wildman–Crippen LogP) is 3.31. The van der Waals surface area contributed by atoms with Crippen LogP contribution in [0.1, 0.15) is 17.1 Å². The normalized spacial score (nSPS) is 14.1. The molecule has 1 aromatic carbocycles. The smallest absolute Gasteiger partial charge is 0.409 e. The number of methoxy groups -OCH3 is 1. The number of anilines is 3. The molecule has 3 aromatic rings. The number of carbonyl (C=O) groups is 1. The number of benzene rings is 1. The third-order valence-corrected chi connectivity index (χ3v) is 4.95. The summed E-state index contributed by atoms with van der Waals surface area (Å²) in [4.78, 5) is 25.0. The molecule has 3 heterocycles. The van der Waals surface area contributed by atoms with Gasteiger partial charge in [0.05, 0.1) is 7.11 Å². The fraction of sp³-hybridized carbons (Fsp3) is 0.273. The molecule has 2 N–H and O–H groups in total. The van der Waals surface area contributed by atoms with Gasteiger partial charge in [-0.1, -0.05) is 36.4 Å². The lowest BCUT2D eigenvalue weighted by Crippen LogP contribution is -2.49. The average molecular weight is 419 g/mol. The van der Waals surface area contributed by atoms with E-state index in [0.717, 1.165) is 17.1 Å². The number of aromatic amines is 1. The van der Waals surface area contributed by atoms with Crippen LogP contribution >= 0.6 is 0 Å². The van der Waals surface area contributed by atoms with Gasteiger partial charge in [0.1, 0.15) is 11.6 Å². The van der Waals surface area contributed by atoms with Crippen molar-refractivity contribution in [3.05, 3.63) is 59.5 Å². The van der Waals surface area contributed by atoms with Crippen LogP contribution in [0.2, 0.25) is 0 Å². The number of piperazine rings is 1. The Kier molecular flexibility index (Phi) is 6.11. The molecule has 0 saturated carbocycles. The Morgan fingerprint density at radius 2 is 1.84 bits per heavy atom. The molecule has 1 saturated heterocycles. The maximum atomic E-state index is 11.8. The maximum Gasteiger partial charge on any atom is 0.409 e. The molecule has 1 amide bonds. The summed E-state index contributed by atoms with van der Waals surface area (Å²) in [5.41, 5.74) is 2.03. The lowest BCUT2D eigenvalue weighted by Gasteiger charge is -2.34. The van der Waals surface area contributed by atoms with Crippen molar-refractivity contribution in [3.8, 4) is 0 Å². The summed E-state index contributed by atoms with van der Waals surface area (Å²) in [7, 11) is 1.40. The highest BCUT2D eigenvalue weighted by molar-refractivity contribution is 5.70. The van der Waals surface area contributed by atoms with E-state index in [1.165, 1.54) is 7.11 Å². The fourth-order valence-corrected chi connectivity index (χ4v) is 3.35. The van der Waals surface area contributed by atoms with E-state index in [1.807, 2.05) is 61.5 Å². The van der Waals surface area contributed by atoms with Gasteiger partial charge in [0.25, 0.3) is 0 Å². The molecule has 0 spiro atoms. The number of aromatic nitrogens is 4. The van der Waals surface area contributed by atoms with Gasteiger partial charge in [-0.15, -0.1) is 0 Å². The number of aryl methyl sites for hydroxylation is 1. The van der Waals surface area contributed by atoms with Gasteiger partial charge in [-0.2, -0.15) is 5.10 Å². The highest BCUT2D eigenvalue weighted by Crippen LogP contribution is 2.21. The molecule has 9 nitrogen and oxygen atoms in total.